The molecule has 4 heteroatoms. The molecule has 0 aliphatic carbocycles. The molecule has 0 amide bonds. The molecule has 1 fully saturated rings. The van der Waals surface area contributed by atoms with E-state index in [1.807, 2.05) is 0 Å². The fourth-order valence-electron chi connectivity index (χ4n) is 1.61. The van der Waals surface area contributed by atoms with Crippen LogP contribution in [0.1, 0.15) is 26.7 Å². The third-order valence-corrected chi connectivity index (χ3v) is 5.09. The third kappa shape index (κ3) is 7.03. The minimum absolute atomic E-state index is 0.392. The van der Waals surface area contributed by atoms with Gasteiger partial charge in [0.25, 0.3) is 0 Å². The summed E-state index contributed by atoms with van der Waals surface area (Å²) in [6, 6.07) is 0. The second kappa shape index (κ2) is 7.98. The summed E-state index contributed by atoms with van der Waals surface area (Å²) in [7, 11) is 3.12. The Hall–Kier alpha value is 0.354. The lowest BCUT2D eigenvalue weighted by atomic mass is 10.2. The first-order valence-corrected chi connectivity index (χ1v) is 7.47. The minimum Gasteiger partial charge on any atom is -0.402 e. The Labute approximate surface area is 80.9 Å². The van der Waals surface area contributed by atoms with E-state index in [4.69, 9.17) is 0 Å². The molecule has 0 aromatic heterocycles. The van der Waals surface area contributed by atoms with E-state index >= 15 is 0 Å². The van der Waals surface area contributed by atoms with Crippen molar-refractivity contribution >= 4 is 19.5 Å². The fourth-order valence-corrected chi connectivity index (χ4v) is 4.16. The van der Waals surface area contributed by atoms with Gasteiger partial charge < -0.3 is 8.85 Å². The number of hydrogen-bond donors (Lipinski definition) is 0. The van der Waals surface area contributed by atoms with Crippen molar-refractivity contribution in [2.45, 2.75) is 37.8 Å². The molecule has 74 valence electrons. The van der Waals surface area contributed by atoms with Crippen molar-refractivity contribution in [3.8, 4) is 0 Å². The lowest BCUT2D eigenvalue weighted by Crippen LogP contribution is -1.93. The molecular formula is C8H22O2Si2. The SMILES string of the molecule is CC1CCC(C)[SiH2]1.CO[SiH2]OC. The first-order valence-electron chi connectivity index (χ1n) is 4.68. The van der Waals surface area contributed by atoms with Crippen LogP contribution in [-0.2, 0) is 8.85 Å². The molecule has 0 radical (unpaired) electrons. The van der Waals surface area contributed by atoms with Crippen LogP contribution >= 0.6 is 0 Å². The van der Waals surface area contributed by atoms with Crippen molar-refractivity contribution in [1.82, 2.24) is 0 Å². The molecule has 0 bridgehead atoms. The summed E-state index contributed by atoms with van der Waals surface area (Å²) in [4.78, 5) is 0. The van der Waals surface area contributed by atoms with Crippen LogP contribution in [0.3, 0.4) is 0 Å². The second-order valence-electron chi connectivity index (χ2n) is 3.72. The van der Waals surface area contributed by atoms with Gasteiger partial charge >= 0.3 is 10.0 Å². The molecular weight excluding hydrogens is 184 g/mol. The molecule has 0 saturated carbocycles. The van der Waals surface area contributed by atoms with Gasteiger partial charge in [-0.05, 0) is 0 Å². The summed E-state index contributed by atoms with van der Waals surface area (Å²) in [5.74, 6) is 0. The average molecular weight is 206 g/mol. The topological polar surface area (TPSA) is 18.5 Å². The highest BCUT2D eigenvalue weighted by Crippen LogP contribution is 2.30. The van der Waals surface area contributed by atoms with Gasteiger partial charge in [0.05, 0.1) is 0 Å². The maximum Gasteiger partial charge on any atom is 0.303 e. The Bertz CT molecular complexity index is 91.1. The highest BCUT2D eigenvalue weighted by Gasteiger charge is 2.16. The summed E-state index contributed by atoms with van der Waals surface area (Å²) < 4.78 is 9.22. The Morgan fingerprint density at radius 2 is 1.50 bits per heavy atom. The predicted molar refractivity (Wildman–Crippen MR) is 59.2 cm³/mol. The Morgan fingerprint density at radius 3 is 1.58 bits per heavy atom. The third-order valence-electron chi connectivity index (χ3n) is 2.19. The molecule has 0 spiro atoms. The smallest absolute Gasteiger partial charge is 0.303 e. The Morgan fingerprint density at radius 1 is 1.08 bits per heavy atom. The largest absolute Gasteiger partial charge is 0.402 e. The van der Waals surface area contributed by atoms with Gasteiger partial charge in [0.2, 0.25) is 0 Å². The molecule has 1 heterocycles. The molecule has 2 atom stereocenters. The maximum absolute atomic E-state index is 4.61. The van der Waals surface area contributed by atoms with Gasteiger partial charge in [-0.3, -0.25) is 0 Å². The molecule has 1 saturated heterocycles. The van der Waals surface area contributed by atoms with Crippen LogP contribution in [0.2, 0.25) is 11.1 Å². The standard InChI is InChI=1S/C6H14Si.C2H8O2Si/c1-5-3-4-6(2)7-5;1-3-5-4-2/h5-6H,3-4,7H2,1-2H3;5H2,1-2H3. The summed E-state index contributed by atoms with van der Waals surface area (Å²) in [5, 5.41) is 0. The lowest BCUT2D eigenvalue weighted by Gasteiger charge is -1.94. The van der Waals surface area contributed by atoms with E-state index < -0.39 is 10.0 Å². The summed E-state index contributed by atoms with van der Waals surface area (Å²) in [6.07, 6.45) is 3.07. The zero-order chi connectivity index (χ0) is 9.40. The van der Waals surface area contributed by atoms with E-state index in [-0.39, 0.29) is 0 Å². The van der Waals surface area contributed by atoms with Gasteiger partial charge in [-0.15, -0.1) is 0 Å². The van der Waals surface area contributed by atoms with Crippen LogP contribution in [0.25, 0.3) is 0 Å². The molecule has 2 nitrogen and oxygen atoms in total. The van der Waals surface area contributed by atoms with Crippen molar-refractivity contribution in [2.24, 2.45) is 0 Å². The average Bonchev–Trinajstić information content (AvgIpc) is 2.38. The number of hydrogen-bond acceptors (Lipinski definition) is 2. The van der Waals surface area contributed by atoms with Crippen molar-refractivity contribution in [3.05, 3.63) is 0 Å². The van der Waals surface area contributed by atoms with Crippen LogP contribution in [0, 0.1) is 0 Å². The van der Waals surface area contributed by atoms with Crippen molar-refractivity contribution in [2.75, 3.05) is 14.2 Å². The lowest BCUT2D eigenvalue weighted by molar-refractivity contribution is 0.309. The van der Waals surface area contributed by atoms with Crippen molar-refractivity contribution in [3.63, 3.8) is 0 Å². The van der Waals surface area contributed by atoms with E-state index in [1.165, 1.54) is 12.8 Å². The normalized spacial score (nSPS) is 30.0. The Balaban J connectivity index is 0.000000217. The van der Waals surface area contributed by atoms with E-state index in [9.17, 15) is 0 Å². The summed E-state index contributed by atoms with van der Waals surface area (Å²) in [5.41, 5.74) is 2.32. The zero-order valence-corrected chi connectivity index (χ0v) is 11.6. The quantitative estimate of drug-likeness (QED) is 0.624. The second-order valence-corrected chi connectivity index (χ2v) is 8.37. The van der Waals surface area contributed by atoms with Gasteiger partial charge in [0.1, 0.15) is 0 Å². The van der Waals surface area contributed by atoms with Gasteiger partial charge in [-0.25, -0.2) is 0 Å². The fraction of sp³-hybridized carbons (Fsp3) is 1.00. The maximum atomic E-state index is 4.61. The van der Waals surface area contributed by atoms with Gasteiger partial charge in [0.15, 0.2) is 0 Å². The van der Waals surface area contributed by atoms with Crippen molar-refractivity contribution < 1.29 is 8.85 Å². The van der Waals surface area contributed by atoms with Gasteiger partial charge in [-0.1, -0.05) is 37.8 Å². The van der Waals surface area contributed by atoms with Crippen LogP contribution < -0.4 is 0 Å². The molecule has 1 rings (SSSR count). The van der Waals surface area contributed by atoms with E-state index in [0.29, 0.717) is 9.52 Å². The molecule has 2 unspecified atom stereocenters. The van der Waals surface area contributed by atoms with E-state index in [0.717, 1.165) is 11.1 Å². The van der Waals surface area contributed by atoms with Crippen LogP contribution in [-0.4, -0.2) is 33.7 Å². The summed E-state index contributed by atoms with van der Waals surface area (Å²) >= 11 is 0. The molecule has 0 N–H and O–H groups in total. The molecule has 1 aliphatic rings. The predicted octanol–water partition coefficient (Wildman–Crippen LogP) is 0.844. The highest BCUT2D eigenvalue weighted by atomic mass is 28.3. The molecule has 12 heavy (non-hydrogen) atoms. The zero-order valence-electron chi connectivity index (χ0n) is 8.80. The van der Waals surface area contributed by atoms with Gasteiger partial charge in [0, 0.05) is 23.7 Å². The van der Waals surface area contributed by atoms with Crippen LogP contribution in [0.4, 0.5) is 0 Å². The first-order chi connectivity index (χ1) is 5.70. The molecule has 0 aromatic carbocycles. The minimum atomic E-state index is -0.568. The molecule has 1 aliphatic heterocycles. The van der Waals surface area contributed by atoms with E-state index in [1.54, 1.807) is 14.2 Å². The van der Waals surface area contributed by atoms with E-state index in [2.05, 4.69) is 22.7 Å². The van der Waals surface area contributed by atoms with Crippen LogP contribution in [0.5, 0.6) is 0 Å². The number of rotatable bonds is 2. The van der Waals surface area contributed by atoms with Gasteiger partial charge in [-0.2, -0.15) is 0 Å². The first kappa shape index (κ1) is 12.4. The molecule has 0 aromatic rings. The Kier molecular flexibility index (Phi) is 8.21. The van der Waals surface area contributed by atoms with Crippen LogP contribution in [0.15, 0.2) is 0 Å². The summed E-state index contributed by atoms with van der Waals surface area (Å²) in [6.45, 7) is 4.82. The van der Waals surface area contributed by atoms with Crippen molar-refractivity contribution in [1.29, 1.82) is 0 Å². The highest BCUT2D eigenvalue weighted by molar-refractivity contribution is 6.40. The monoisotopic (exact) mass is 206 g/mol.